The highest BCUT2D eigenvalue weighted by Gasteiger charge is 2.04. The van der Waals surface area contributed by atoms with Gasteiger partial charge in [0.2, 0.25) is 0 Å². The van der Waals surface area contributed by atoms with Gasteiger partial charge in [0.15, 0.2) is 11.3 Å². The van der Waals surface area contributed by atoms with Crippen molar-refractivity contribution in [2.45, 2.75) is 27.7 Å². The molecule has 2 N–H and O–H groups in total. The molecule has 0 amide bonds. The lowest BCUT2D eigenvalue weighted by Gasteiger charge is -1.99. The van der Waals surface area contributed by atoms with E-state index in [0.717, 1.165) is 34.0 Å². The standard InChI is InChI=1S/C13H12N2.C7H8N4/c1-8-3-5-11-10(7-8)4-6-12-13(11)15-9(2)14-12;1-4-3-8-6-7(9-4)11-5(2)10-6/h3-7H,1-2H3,(H,14,15);3H,1-2H3,(H,8,9,10,11). The largest absolute Gasteiger partial charge is 0.342 e. The smallest absolute Gasteiger partial charge is 0.197 e. The van der Waals surface area contributed by atoms with Crippen LogP contribution in [0.2, 0.25) is 0 Å². The third kappa shape index (κ3) is 3.01. The zero-order valence-electron chi connectivity index (χ0n) is 15.3. The first kappa shape index (κ1) is 16.2. The lowest BCUT2D eigenvalue weighted by molar-refractivity contribution is 1.15. The van der Waals surface area contributed by atoms with Crippen molar-refractivity contribution >= 4 is 33.1 Å². The van der Waals surface area contributed by atoms with Crippen LogP contribution in [0.1, 0.15) is 22.9 Å². The first-order valence-corrected chi connectivity index (χ1v) is 8.51. The van der Waals surface area contributed by atoms with E-state index in [1.807, 2.05) is 20.8 Å². The lowest BCUT2D eigenvalue weighted by Crippen LogP contribution is -1.84. The second-order valence-corrected chi connectivity index (χ2v) is 6.51. The van der Waals surface area contributed by atoms with Crippen LogP contribution in [0.4, 0.5) is 0 Å². The Hall–Kier alpha value is -3.28. The molecule has 0 spiro atoms. The number of hydrogen-bond donors (Lipinski definition) is 2. The van der Waals surface area contributed by atoms with E-state index in [0.29, 0.717) is 5.65 Å². The van der Waals surface area contributed by atoms with Gasteiger partial charge in [-0.05, 0) is 39.1 Å². The van der Waals surface area contributed by atoms with E-state index >= 15 is 0 Å². The Bertz CT molecular complexity index is 1230. The van der Waals surface area contributed by atoms with Gasteiger partial charge in [-0.25, -0.2) is 19.9 Å². The first-order chi connectivity index (χ1) is 12.5. The number of aromatic nitrogens is 6. The van der Waals surface area contributed by atoms with E-state index < -0.39 is 0 Å². The minimum absolute atomic E-state index is 0.688. The molecule has 0 bridgehead atoms. The molecule has 5 rings (SSSR count). The molecular formula is C20H20N6. The molecule has 0 radical (unpaired) electrons. The average Bonchev–Trinajstić information content (AvgIpc) is 3.15. The van der Waals surface area contributed by atoms with Crippen LogP contribution in [0.5, 0.6) is 0 Å². The summed E-state index contributed by atoms with van der Waals surface area (Å²) in [6, 6.07) is 10.7. The first-order valence-electron chi connectivity index (χ1n) is 8.51. The number of nitrogens with one attached hydrogen (secondary N) is 2. The maximum absolute atomic E-state index is 4.52. The Morgan fingerprint density at radius 3 is 2.46 bits per heavy atom. The number of H-pyrrole nitrogens is 2. The molecule has 0 fully saturated rings. The molecule has 130 valence electrons. The summed E-state index contributed by atoms with van der Waals surface area (Å²) in [5.41, 5.74) is 5.83. The number of imidazole rings is 2. The van der Waals surface area contributed by atoms with Gasteiger partial charge in [-0.3, -0.25) is 0 Å². The number of aromatic amines is 2. The molecule has 6 heteroatoms. The van der Waals surface area contributed by atoms with E-state index in [1.54, 1.807) is 6.20 Å². The van der Waals surface area contributed by atoms with Gasteiger partial charge in [0.05, 0.1) is 22.9 Å². The SMILES string of the molecule is Cc1ccc2c(ccc3[nH]c(C)nc32)c1.Cc1cnc2nc(C)[nH]c2n1. The molecule has 3 aromatic heterocycles. The van der Waals surface area contributed by atoms with Crippen LogP contribution in [-0.4, -0.2) is 29.9 Å². The summed E-state index contributed by atoms with van der Waals surface area (Å²) < 4.78 is 0. The van der Waals surface area contributed by atoms with Gasteiger partial charge in [-0.1, -0.05) is 29.8 Å². The fraction of sp³-hybridized carbons (Fsp3) is 0.200. The molecule has 0 saturated heterocycles. The fourth-order valence-corrected chi connectivity index (χ4v) is 3.04. The zero-order valence-corrected chi connectivity index (χ0v) is 15.3. The number of nitrogens with zero attached hydrogens (tertiary/aromatic N) is 4. The number of rotatable bonds is 0. The van der Waals surface area contributed by atoms with Crippen molar-refractivity contribution in [1.29, 1.82) is 0 Å². The summed E-state index contributed by atoms with van der Waals surface area (Å²) in [6.45, 7) is 7.89. The maximum Gasteiger partial charge on any atom is 0.197 e. The Morgan fingerprint density at radius 2 is 1.62 bits per heavy atom. The topological polar surface area (TPSA) is 83.1 Å². The van der Waals surface area contributed by atoms with E-state index in [2.05, 4.69) is 67.2 Å². The van der Waals surface area contributed by atoms with Crippen LogP contribution in [0.3, 0.4) is 0 Å². The molecule has 6 nitrogen and oxygen atoms in total. The van der Waals surface area contributed by atoms with Crippen LogP contribution in [-0.2, 0) is 0 Å². The van der Waals surface area contributed by atoms with Crippen LogP contribution >= 0.6 is 0 Å². The molecule has 26 heavy (non-hydrogen) atoms. The second-order valence-electron chi connectivity index (χ2n) is 6.51. The van der Waals surface area contributed by atoms with Crippen molar-refractivity contribution < 1.29 is 0 Å². The Labute approximate surface area is 150 Å². The minimum Gasteiger partial charge on any atom is -0.342 e. The predicted molar refractivity (Wildman–Crippen MR) is 104 cm³/mol. The number of aryl methyl sites for hydroxylation is 4. The van der Waals surface area contributed by atoms with Gasteiger partial charge >= 0.3 is 0 Å². The van der Waals surface area contributed by atoms with E-state index in [1.165, 1.54) is 16.3 Å². The predicted octanol–water partition coefficient (Wildman–Crippen LogP) is 4.30. The maximum atomic E-state index is 4.52. The molecule has 0 atom stereocenters. The highest BCUT2D eigenvalue weighted by atomic mass is 15.0. The number of benzene rings is 2. The third-order valence-electron chi connectivity index (χ3n) is 4.19. The van der Waals surface area contributed by atoms with Crippen LogP contribution < -0.4 is 0 Å². The van der Waals surface area contributed by atoms with Crippen LogP contribution in [0.15, 0.2) is 36.5 Å². The molecule has 0 aliphatic rings. The average molecular weight is 344 g/mol. The van der Waals surface area contributed by atoms with Gasteiger partial charge in [0.1, 0.15) is 11.6 Å². The summed E-state index contributed by atoms with van der Waals surface area (Å²) in [6.07, 6.45) is 1.71. The van der Waals surface area contributed by atoms with E-state index in [-0.39, 0.29) is 0 Å². The highest BCUT2D eigenvalue weighted by Crippen LogP contribution is 2.24. The van der Waals surface area contributed by atoms with Crippen molar-refractivity contribution in [1.82, 2.24) is 29.9 Å². The Balaban J connectivity index is 0.000000136. The molecule has 5 aromatic rings. The third-order valence-corrected chi connectivity index (χ3v) is 4.19. The summed E-state index contributed by atoms with van der Waals surface area (Å²) in [7, 11) is 0. The Morgan fingerprint density at radius 1 is 0.808 bits per heavy atom. The van der Waals surface area contributed by atoms with Crippen LogP contribution in [0, 0.1) is 27.7 Å². The minimum atomic E-state index is 0.688. The van der Waals surface area contributed by atoms with Gasteiger partial charge < -0.3 is 9.97 Å². The number of hydrogen-bond acceptors (Lipinski definition) is 4. The van der Waals surface area contributed by atoms with Crippen molar-refractivity contribution in [3.8, 4) is 0 Å². The van der Waals surface area contributed by atoms with Gasteiger partial charge in [-0.15, -0.1) is 0 Å². The fourth-order valence-electron chi connectivity index (χ4n) is 3.04. The van der Waals surface area contributed by atoms with Crippen molar-refractivity contribution in [2.75, 3.05) is 0 Å². The molecular weight excluding hydrogens is 324 g/mol. The van der Waals surface area contributed by atoms with Crippen molar-refractivity contribution in [3.05, 3.63) is 59.4 Å². The van der Waals surface area contributed by atoms with Crippen LogP contribution in [0.25, 0.3) is 33.1 Å². The van der Waals surface area contributed by atoms with Crippen molar-refractivity contribution in [3.63, 3.8) is 0 Å². The summed E-state index contributed by atoms with van der Waals surface area (Å²) in [5.74, 6) is 1.82. The Kier molecular flexibility index (Phi) is 3.88. The van der Waals surface area contributed by atoms with Gasteiger partial charge in [0.25, 0.3) is 0 Å². The molecule has 0 unspecified atom stereocenters. The number of fused-ring (bicyclic) bond motifs is 4. The van der Waals surface area contributed by atoms with Gasteiger partial charge in [-0.2, -0.15) is 0 Å². The lowest BCUT2D eigenvalue weighted by atomic mass is 10.1. The molecule has 0 saturated carbocycles. The second kappa shape index (κ2) is 6.22. The summed E-state index contributed by atoms with van der Waals surface area (Å²) in [4.78, 5) is 23.2. The zero-order chi connectivity index (χ0) is 18.3. The van der Waals surface area contributed by atoms with E-state index in [4.69, 9.17) is 0 Å². The summed E-state index contributed by atoms with van der Waals surface area (Å²) in [5, 5.41) is 2.48. The normalized spacial score (nSPS) is 11.1. The van der Waals surface area contributed by atoms with Gasteiger partial charge in [0, 0.05) is 5.39 Å². The molecule has 0 aliphatic heterocycles. The van der Waals surface area contributed by atoms with E-state index in [9.17, 15) is 0 Å². The molecule has 3 heterocycles. The van der Waals surface area contributed by atoms with Crippen molar-refractivity contribution in [2.24, 2.45) is 0 Å². The highest BCUT2D eigenvalue weighted by molar-refractivity contribution is 6.04. The molecule has 0 aliphatic carbocycles. The molecule has 2 aromatic carbocycles. The monoisotopic (exact) mass is 344 g/mol. The summed E-state index contributed by atoms with van der Waals surface area (Å²) >= 11 is 0. The quantitative estimate of drug-likeness (QED) is 0.439.